The lowest BCUT2D eigenvalue weighted by atomic mass is 10.3. The number of carbonyl (C=O) groups is 1. The number of aryl methyl sites for hydroxylation is 1. The van der Waals surface area contributed by atoms with Gasteiger partial charge in [0.1, 0.15) is 0 Å². The molecule has 1 heterocycles. The van der Waals surface area contributed by atoms with Crippen LogP contribution in [0.25, 0.3) is 6.08 Å². The number of aliphatic hydroxyl groups excluding tert-OH is 1. The molecule has 0 aromatic carbocycles. The summed E-state index contributed by atoms with van der Waals surface area (Å²) >= 11 is 0. The molecule has 1 aromatic heterocycles. The van der Waals surface area contributed by atoms with Gasteiger partial charge in [0.05, 0.1) is 12.2 Å². The van der Waals surface area contributed by atoms with Crippen LogP contribution in [0, 0.1) is 0 Å². The molecule has 18 heavy (non-hydrogen) atoms. The second-order valence-electron chi connectivity index (χ2n) is 3.52. The topological polar surface area (TPSA) is 67.2 Å². The molecule has 0 aliphatic carbocycles. The average molecular weight is 263 g/mol. The highest BCUT2D eigenvalue weighted by molar-refractivity contribution is 5.91. The van der Waals surface area contributed by atoms with Crippen LogP contribution in [0.2, 0.25) is 0 Å². The van der Waals surface area contributed by atoms with Crippen molar-refractivity contribution in [2.75, 3.05) is 6.54 Å². The number of nitrogens with zero attached hydrogens (tertiary/aromatic N) is 2. The minimum Gasteiger partial charge on any atom is -0.382 e. The number of rotatable bonds is 4. The molecular formula is C10H12F3N3O2. The Morgan fingerprint density at radius 1 is 1.67 bits per heavy atom. The zero-order valence-corrected chi connectivity index (χ0v) is 9.48. The Kier molecular flexibility index (Phi) is 4.49. The quantitative estimate of drug-likeness (QED) is 0.776. The van der Waals surface area contributed by atoms with E-state index < -0.39 is 24.7 Å². The van der Waals surface area contributed by atoms with Crippen LogP contribution in [-0.2, 0) is 11.8 Å². The third-order valence-corrected chi connectivity index (χ3v) is 2.11. The fourth-order valence-electron chi connectivity index (χ4n) is 1.08. The molecule has 0 aliphatic heterocycles. The first kappa shape index (κ1) is 14.2. The molecule has 0 aliphatic rings. The molecule has 1 aromatic rings. The molecule has 0 spiro atoms. The Labute approximate surface area is 101 Å². The Morgan fingerprint density at radius 2 is 2.33 bits per heavy atom. The van der Waals surface area contributed by atoms with Gasteiger partial charge in [0.15, 0.2) is 6.10 Å². The van der Waals surface area contributed by atoms with Crippen molar-refractivity contribution in [3.63, 3.8) is 0 Å². The maximum atomic E-state index is 11.9. The van der Waals surface area contributed by atoms with Crippen LogP contribution in [0.15, 0.2) is 18.3 Å². The zero-order chi connectivity index (χ0) is 13.8. The summed E-state index contributed by atoms with van der Waals surface area (Å²) in [5.74, 6) is -0.723. The van der Waals surface area contributed by atoms with Gasteiger partial charge in [0, 0.05) is 19.3 Å². The van der Waals surface area contributed by atoms with Crippen molar-refractivity contribution in [2.24, 2.45) is 7.05 Å². The average Bonchev–Trinajstić information content (AvgIpc) is 2.67. The number of carbonyl (C=O) groups excluding carboxylic acids is 1. The molecule has 1 amide bonds. The van der Waals surface area contributed by atoms with Crippen LogP contribution in [0.3, 0.4) is 0 Å². The molecule has 8 heteroatoms. The van der Waals surface area contributed by atoms with Crippen molar-refractivity contribution in [3.05, 3.63) is 24.0 Å². The number of aromatic nitrogens is 2. The maximum Gasteiger partial charge on any atom is 0.416 e. The van der Waals surface area contributed by atoms with Crippen LogP contribution >= 0.6 is 0 Å². The van der Waals surface area contributed by atoms with Gasteiger partial charge in [-0.15, -0.1) is 0 Å². The van der Waals surface area contributed by atoms with Crippen molar-refractivity contribution in [1.82, 2.24) is 15.1 Å². The lowest BCUT2D eigenvalue weighted by Crippen LogP contribution is -2.40. The van der Waals surface area contributed by atoms with Gasteiger partial charge in [-0.1, -0.05) is 0 Å². The van der Waals surface area contributed by atoms with Gasteiger partial charge < -0.3 is 10.4 Å². The summed E-state index contributed by atoms with van der Waals surface area (Å²) in [4.78, 5) is 11.2. The number of amides is 1. The van der Waals surface area contributed by atoms with Gasteiger partial charge in [0.25, 0.3) is 0 Å². The SMILES string of the molecule is Cn1nccc1/C=C/C(=O)NCC(O)C(F)(F)F. The van der Waals surface area contributed by atoms with E-state index in [1.54, 1.807) is 13.1 Å². The molecule has 0 bridgehead atoms. The molecule has 0 radical (unpaired) electrons. The van der Waals surface area contributed by atoms with Gasteiger partial charge in [-0.2, -0.15) is 18.3 Å². The highest BCUT2D eigenvalue weighted by atomic mass is 19.4. The summed E-state index contributed by atoms with van der Waals surface area (Å²) in [5, 5.41) is 14.4. The number of aliphatic hydroxyl groups is 1. The Morgan fingerprint density at radius 3 is 2.83 bits per heavy atom. The lowest BCUT2D eigenvalue weighted by Gasteiger charge is -2.14. The van der Waals surface area contributed by atoms with E-state index in [9.17, 15) is 18.0 Å². The van der Waals surface area contributed by atoms with Crippen molar-refractivity contribution in [2.45, 2.75) is 12.3 Å². The third-order valence-electron chi connectivity index (χ3n) is 2.11. The van der Waals surface area contributed by atoms with E-state index in [0.29, 0.717) is 5.69 Å². The molecule has 0 saturated heterocycles. The Bertz CT molecular complexity index is 440. The zero-order valence-electron chi connectivity index (χ0n) is 9.48. The fourth-order valence-corrected chi connectivity index (χ4v) is 1.08. The van der Waals surface area contributed by atoms with Gasteiger partial charge >= 0.3 is 6.18 Å². The normalized spacial score (nSPS) is 13.8. The van der Waals surface area contributed by atoms with Crippen LogP contribution in [0.4, 0.5) is 13.2 Å². The van der Waals surface area contributed by atoms with Crippen LogP contribution in [0.5, 0.6) is 0 Å². The van der Waals surface area contributed by atoms with Gasteiger partial charge in [-0.25, -0.2) is 0 Å². The Balaban J connectivity index is 2.44. The van der Waals surface area contributed by atoms with E-state index in [1.807, 2.05) is 5.32 Å². The molecule has 5 nitrogen and oxygen atoms in total. The largest absolute Gasteiger partial charge is 0.416 e. The number of alkyl halides is 3. The number of hydrogen-bond acceptors (Lipinski definition) is 3. The van der Waals surface area contributed by atoms with Crippen molar-refractivity contribution in [3.8, 4) is 0 Å². The first-order valence-electron chi connectivity index (χ1n) is 4.99. The van der Waals surface area contributed by atoms with E-state index in [1.165, 1.54) is 17.0 Å². The monoisotopic (exact) mass is 263 g/mol. The summed E-state index contributed by atoms with van der Waals surface area (Å²) in [6.07, 6.45) is -3.31. The molecule has 2 N–H and O–H groups in total. The highest BCUT2D eigenvalue weighted by Crippen LogP contribution is 2.19. The van der Waals surface area contributed by atoms with Crippen molar-refractivity contribution in [1.29, 1.82) is 0 Å². The maximum absolute atomic E-state index is 11.9. The van der Waals surface area contributed by atoms with Crippen LogP contribution < -0.4 is 5.32 Å². The predicted molar refractivity (Wildman–Crippen MR) is 57.3 cm³/mol. The van der Waals surface area contributed by atoms with Gasteiger partial charge in [-0.3, -0.25) is 9.48 Å². The second kappa shape index (κ2) is 5.67. The van der Waals surface area contributed by atoms with Gasteiger partial charge in [0.2, 0.25) is 5.91 Å². The van der Waals surface area contributed by atoms with Gasteiger partial charge in [-0.05, 0) is 12.1 Å². The first-order chi connectivity index (χ1) is 8.30. The number of nitrogens with one attached hydrogen (secondary N) is 1. The van der Waals surface area contributed by atoms with Crippen molar-refractivity contribution < 1.29 is 23.1 Å². The van der Waals surface area contributed by atoms with E-state index >= 15 is 0 Å². The number of halogens is 3. The van der Waals surface area contributed by atoms with Crippen LogP contribution in [-0.4, -0.2) is 39.6 Å². The predicted octanol–water partition coefficient (Wildman–Crippen LogP) is 0.473. The Hall–Kier alpha value is -1.83. The standard InChI is InChI=1S/C10H12F3N3O2/c1-16-7(4-5-15-16)2-3-9(18)14-6-8(17)10(11,12)13/h2-5,8,17H,6H2,1H3,(H,14,18)/b3-2+. The molecular weight excluding hydrogens is 251 g/mol. The third kappa shape index (κ3) is 4.21. The summed E-state index contributed by atoms with van der Waals surface area (Å²) in [6.45, 7) is -0.877. The van der Waals surface area contributed by atoms with E-state index in [-0.39, 0.29) is 0 Å². The molecule has 100 valence electrons. The lowest BCUT2D eigenvalue weighted by molar-refractivity contribution is -0.201. The summed E-state index contributed by atoms with van der Waals surface area (Å²) in [5.41, 5.74) is 0.626. The summed E-state index contributed by atoms with van der Waals surface area (Å²) in [7, 11) is 1.66. The smallest absolute Gasteiger partial charge is 0.382 e. The molecule has 1 rings (SSSR count). The minimum absolute atomic E-state index is 0.626. The summed E-state index contributed by atoms with van der Waals surface area (Å²) in [6, 6.07) is 1.63. The van der Waals surface area contributed by atoms with Crippen LogP contribution in [0.1, 0.15) is 5.69 Å². The molecule has 0 fully saturated rings. The van der Waals surface area contributed by atoms with E-state index in [0.717, 1.165) is 6.08 Å². The van der Waals surface area contributed by atoms with E-state index in [4.69, 9.17) is 5.11 Å². The second-order valence-corrected chi connectivity index (χ2v) is 3.52. The number of hydrogen-bond donors (Lipinski definition) is 2. The molecule has 1 unspecified atom stereocenters. The summed E-state index contributed by atoms with van der Waals surface area (Å²) < 4.78 is 37.3. The molecule has 0 saturated carbocycles. The molecule has 1 atom stereocenters. The fraction of sp³-hybridized carbons (Fsp3) is 0.400. The highest BCUT2D eigenvalue weighted by Gasteiger charge is 2.37. The minimum atomic E-state index is -4.74. The van der Waals surface area contributed by atoms with Crippen molar-refractivity contribution >= 4 is 12.0 Å². The van der Waals surface area contributed by atoms with E-state index in [2.05, 4.69) is 5.10 Å². The first-order valence-corrected chi connectivity index (χ1v) is 4.99.